The second kappa shape index (κ2) is 8.07. The molecule has 0 N–H and O–H groups in total. The fourth-order valence-electron chi connectivity index (χ4n) is 2.47. The van der Waals surface area contributed by atoms with Crippen molar-refractivity contribution in [2.75, 3.05) is 0 Å². The summed E-state index contributed by atoms with van der Waals surface area (Å²) in [5.41, 5.74) is 1.78. The summed E-state index contributed by atoms with van der Waals surface area (Å²) in [4.78, 5) is 1.36. The number of nitrogens with zero attached hydrogens (tertiary/aromatic N) is 4. The topological polar surface area (TPSA) is 56.7 Å². The molecule has 0 saturated heterocycles. The first-order chi connectivity index (χ1) is 12.8. The summed E-state index contributed by atoms with van der Waals surface area (Å²) in [5.74, 6) is 1.45. The summed E-state index contributed by atoms with van der Waals surface area (Å²) < 4.78 is 7.52. The lowest BCUT2D eigenvalue weighted by molar-refractivity contribution is 0.397. The van der Waals surface area contributed by atoms with E-state index in [1.807, 2.05) is 30.3 Å². The van der Waals surface area contributed by atoms with Crippen LogP contribution in [0.5, 0.6) is 0 Å². The van der Waals surface area contributed by atoms with Gasteiger partial charge in [0.25, 0.3) is 0 Å². The molecular weight excluding hydrogens is 388 g/mol. The molecule has 3 heterocycles. The van der Waals surface area contributed by atoms with Crippen molar-refractivity contribution >= 4 is 34.7 Å². The predicted octanol–water partition coefficient (Wildman–Crippen LogP) is 5.18. The largest absolute Gasteiger partial charge is 0.360 e. The van der Waals surface area contributed by atoms with Gasteiger partial charge in [-0.2, -0.15) is 0 Å². The minimum Gasteiger partial charge on any atom is -0.360 e. The molecule has 132 valence electrons. The van der Waals surface area contributed by atoms with Crippen LogP contribution in [-0.2, 0) is 18.7 Å². The number of hydrogen-bond donors (Lipinski definition) is 0. The molecule has 3 aromatic heterocycles. The van der Waals surface area contributed by atoms with Gasteiger partial charge >= 0.3 is 0 Å². The highest BCUT2D eigenvalue weighted by atomic mass is 35.5. The Bertz CT molecular complexity index is 963. The second-order valence-corrected chi connectivity index (χ2v) is 8.02. The van der Waals surface area contributed by atoms with Crippen molar-refractivity contribution in [2.45, 2.75) is 23.9 Å². The first-order valence-corrected chi connectivity index (χ1v) is 10.3. The van der Waals surface area contributed by atoms with Crippen LogP contribution in [0.4, 0.5) is 0 Å². The number of aromatic nitrogens is 4. The summed E-state index contributed by atoms with van der Waals surface area (Å²) in [6.07, 6.45) is 2.75. The molecule has 26 heavy (non-hydrogen) atoms. The van der Waals surface area contributed by atoms with Crippen LogP contribution in [0.15, 0.2) is 63.9 Å². The summed E-state index contributed by atoms with van der Waals surface area (Å²) in [6.45, 7) is 0.863. The van der Waals surface area contributed by atoms with Crippen LogP contribution in [0, 0.1) is 0 Å². The molecule has 0 aliphatic carbocycles. The standard InChI is InChI=1S/C18H15ClN4OS2/c19-14-5-3-13(4-6-14)17-10-15(24-22-17)11-26-18-21-20-12-23(18)8-7-16-2-1-9-25-16/h1-6,9-10,12H,7-8,11H2. The number of aryl methyl sites for hydroxylation is 2. The maximum atomic E-state index is 5.92. The highest BCUT2D eigenvalue weighted by Gasteiger charge is 2.10. The van der Waals surface area contributed by atoms with Crippen LogP contribution in [0.1, 0.15) is 10.6 Å². The van der Waals surface area contributed by atoms with Crippen molar-refractivity contribution in [3.8, 4) is 11.3 Å². The first kappa shape index (κ1) is 17.3. The van der Waals surface area contributed by atoms with E-state index in [0.29, 0.717) is 10.8 Å². The Morgan fingerprint density at radius 2 is 2.08 bits per heavy atom. The molecule has 8 heteroatoms. The summed E-state index contributed by atoms with van der Waals surface area (Å²) in [5, 5.41) is 16.1. The Hall–Kier alpha value is -2.09. The Balaban J connectivity index is 1.37. The van der Waals surface area contributed by atoms with E-state index in [1.165, 1.54) is 4.88 Å². The van der Waals surface area contributed by atoms with E-state index < -0.39 is 0 Å². The van der Waals surface area contributed by atoms with E-state index in [9.17, 15) is 0 Å². The van der Waals surface area contributed by atoms with Crippen LogP contribution < -0.4 is 0 Å². The lowest BCUT2D eigenvalue weighted by atomic mass is 10.1. The third kappa shape index (κ3) is 4.17. The Labute approximate surface area is 164 Å². The van der Waals surface area contributed by atoms with Gasteiger partial charge in [-0.25, -0.2) is 0 Å². The normalized spacial score (nSPS) is 11.1. The van der Waals surface area contributed by atoms with E-state index >= 15 is 0 Å². The Kier molecular flexibility index (Phi) is 5.38. The lowest BCUT2D eigenvalue weighted by Gasteiger charge is -2.04. The monoisotopic (exact) mass is 402 g/mol. The van der Waals surface area contributed by atoms with Gasteiger partial charge in [-0.1, -0.05) is 46.7 Å². The Morgan fingerprint density at radius 3 is 2.88 bits per heavy atom. The van der Waals surface area contributed by atoms with E-state index in [1.54, 1.807) is 29.4 Å². The SMILES string of the molecule is Clc1ccc(-c2cc(CSc3nncn3CCc3cccs3)on2)cc1. The Morgan fingerprint density at radius 1 is 1.19 bits per heavy atom. The van der Waals surface area contributed by atoms with E-state index in [0.717, 1.165) is 35.1 Å². The molecule has 0 fully saturated rings. The number of thioether (sulfide) groups is 1. The van der Waals surface area contributed by atoms with E-state index in [2.05, 4.69) is 37.4 Å². The zero-order valence-electron chi connectivity index (χ0n) is 13.7. The number of halogens is 1. The van der Waals surface area contributed by atoms with Gasteiger partial charge in [-0.15, -0.1) is 21.5 Å². The minimum absolute atomic E-state index is 0.651. The zero-order chi connectivity index (χ0) is 17.8. The van der Waals surface area contributed by atoms with Crippen LogP contribution in [0.25, 0.3) is 11.3 Å². The average molecular weight is 403 g/mol. The summed E-state index contributed by atoms with van der Waals surface area (Å²) in [6, 6.07) is 13.7. The first-order valence-electron chi connectivity index (χ1n) is 8.02. The molecule has 0 bridgehead atoms. The summed E-state index contributed by atoms with van der Waals surface area (Å²) >= 11 is 9.29. The van der Waals surface area contributed by atoms with Crippen molar-refractivity contribution in [1.29, 1.82) is 0 Å². The second-order valence-electron chi connectivity index (χ2n) is 5.61. The van der Waals surface area contributed by atoms with Crippen molar-refractivity contribution in [1.82, 2.24) is 19.9 Å². The number of rotatable bonds is 7. The molecule has 4 rings (SSSR count). The average Bonchev–Trinajstić information content (AvgIpc) is 3.40. The molecule has 1 aromatic carbocycles. The van der Waals surface area contributed by atoms with Crippen molar-refractivity contribution in [3.05, 3.63) is 69.8 Å². The zero-order valence-corrected chi connectivity index (χ0v) is 16.1. The molecule has 0 saturated carbocycles. The van der Waals surface area contributed by atoms with Gasteiger partial charge in [0.2, 0.25) is 0 Å². The molecule has 0 aliphatic heterocycles. The van der Waals surface area contributed by atoms with Crippen LogP contribution >= 0.6 is 34.7 Å². The molecule has 0 amide bonds. The fourth-order valence-corrected chi connectivity index (χ4v) is 4.11. The highest BCUT2D eigenvalue weighted by molar-refractivity contribution is 7.98. The van der Waals surface area contributed by atoms with Gasteiger partial charge < -0.3 is 9.09 Å². The van der Waals surface area contributed by atoms with Gasteiger partial charge in [0.1, 0.15) is 17.8 Å². The highest BCUT2D eigenvalue weighted by Crippen LogP contribution is 2.25. The van der Waals surface area contributed by atoms with Crippen LogP contribution in [0.3, 0.4) is 0 Å². The molecule has 0 aliphatic rings. The molecule has 0 spiro atoms. The van der Waals surface area contributed by atoms with Gasteiger partial charge in [0.05, 0.1) is 5.75 Å². The molecule has 0 atom stereocenters. The molecule has 0 unspecified atom stereocenters. The molecule has 0 radical (unpaired) electrons. The van der Waals surface area contributed by atoms with Gasteiger partial charge in [-0.3, -0.25) is 0 Å². The van der Waals surface area contributed by atoms with Gasteiger partial charge in [-0.05, 0) is 30.0 Å². The lowest BCUT2D eigenvalue weighted by Crippen LogP contribution is -2.01. The minimum atomic E-state index is 0.651. The number of hydrogen-bond acceptors (Lipinski definition) is 6. The van der Waals surface area contributed by atoms with Crippen molar-refractivity contribution < 1.29 is 4.52 Å². The quantitative estimate of drug-likeness (QED) is 0.398. The third-order valence-corrected chi connectivity index (χ3v) is 5.99. The molecule has 4 aromatic rings. The predicted molar refractivity (Wildman–Crippen MR) is 105 cm³/mol. The smallest absolute Gasteiger partial charge is 0.191 e. The third-order valence-electron chi connectivity index (χ3n) is 3.80. The molecule has 5 nitrogen and oxygen atoms in total. The van der Waals surface area contributed by atoms with Crippen LogP contribution in [-0.4, -0.2) is 19.9 Å². The van der Waals surface area contributed by atoms with Gasteiger partial charge in [0, 0.05) is 28.1 Å². The molecular formula is C18H15ClN4OS2. The maximum Gasteiger partial charge on any atom is 0.191 e. The maximum absolute atomic E-state index is 5.92. The van der Waals surface area contributed by atoms with Crippen LogP contribution in [0.2, 0.25) is 5.02 Å². The number of thiophene rings is 1. The summed E-state index contributed by atoms with van der Waals surface area (Å²) in [7, 11) is 0. The fraction of sp³-hybridized carbons (Fsp3) is 0.167. The van der Waals surface area contributed by atoms with E-state index in [4.69, 9.17) is 16.1 Å². The van der Waals surface area contributed by atoms with Crippen molar-refractivity contribution in [2.24, 2.45) is 0 Å². The number of benzene rings is 1. The van der Waals surface area contributed by atoms with Gasteiger partial charge in [0.15, 0.2) is 5.16 Å². The van der Waals surface area contributed by atoms with E-state index in [-0.39, 0.29) is 0 Å². The van der Waals surface area contributed by atoms with Crippen molar-refractivity contribution in [3.63, 3.8) is 0 Å².